The second kappa shape index (κ2) is 5.52. The fraction of sp³-hybridized carbons (Fsp3) is 0.786. The van der Waals surface area contributed by atoms with Crippen molar-refractivity contribution in [3.63, 3.8) is 0 Å². The highest BCUT2D eigenvalue weighted by atomic mass is 16.5. The summed E-state index contributed by atoms with van der Waals surface area (Å²) in [4.78, 5) is 12.0. The van der Waals surface area contributed by atoms with Crippen molar-refractivity contribution in [2.24, 2.45) is 5.41 Å². The molecular weight excluding hydrogens is 258 g/mol. The molecule has 0 aromatic carbocycles. The van der Waals surface area contributed by atoms with Crippen molar-refractivity contribution in [3.05, 3.63) is 11.6 Å². The van der Waals surface area contributed by atoms with Crippen molar-refractivity contribution in [1.82, 2.24) is 14.8 Å². The number of hydrogen-bond acceptors (Lipinski definition) is 5. The number of ether oxygens (including phenoxy) is 2. The molecule has 1 fully saturated rings. The zero-order chi connectivity index (χ0) is 14.9. The van der Waals surface area contributed by atoms with E-state index in [1.165, 1.54) is 0 Å². The summed E-state index contributed by atoms with van der Waals surface area (Å²) in [5, 5.41) is 8.00. The van der Waals surface area contributed by atoms with Gasteiger partial charge in [0.05, 0.1) is 12.7 Å². The van der Waals surface area contributed by atoms with E-state index in [4.69, 9.17) is 9.47 Å². The normalized spacial score (nSPS) is 24.2. The average Bonchev–Trinajstić information content (AvgIpc) is 2.76. The summed E-state index contributed by atoms with van der Waals surface area (Å²) in [6.45, 7) is 11.0. The highest BCUT2D eigenvalue weighted by Crippen LogP contribution is 2.51. The van der Waals surface area contributed by atoms with Gasteiger partial charge in [0.15, 0.2) is 0 Å². The molecule has 0 N–H and O–H groups in total. The zero-order valence-corrected chi connectivity index (χ0v) is 12.8. The van der Waals surface area contributed by atoms with Gasteiger partial charge in [-0.05, 0) is 27.2 Å². The molecule has 1 aliphatic carbocycles. The van der Waals surface area contributed by atoms with Crippen molar-refractivity contribution in [1.29, 1.82) is 0 Å². The van der Waals surface area contributed by atoms with Gasteiger partial charge in [-0.25, -0.2) is 4.79 Å². The standard InChI is InChI=1S/C14H23N3O3/c1-6-19-11-8-10(14(11,4)5)17-9(3)15-16-12(17)13(18)20-7-2/h10-11H,6-8H2,1-5H3. The van der Waals surface area contributed by atoms with E-state index < -0.39 is 5.97 Å². The van der Waals surface area contributed by atoms with Gasteiger partial charge in [-0.1, -0.05) is 13.8 Å². The van der Waals surface area contributed by atoms with Crippen molar-refractivity contribution in [2.45, 2.75) is 53.2 Å². The predicted molar refractivity (Wildman–Crippen MR) is 73.6 cm³/mol. The maximum Gasteiger partial charge on any atom is 0.376 e. The summed E-state index contributed by atoms with van der Waals surface area (Å²) in [5.74, 6) is 0.613. The Hall–Kier alpha value is -1.43. The first-order valence-electron chi connectivity index (χ1n) is 7.13. The van der Waals surface area contributed by atoms with Crippen LogP contribution in [0.1, 0.15) is 56.6 Å². The number of aromatic nitrogens is 3. The first-order chi connectivity index (χ1) is 9.43. The van der Waals surface area contributed by atoms with Gasteiger partial charge in [-0.15, -0.1) is 10.2 Å². The summed E-state index contributed by atoms with van der Waals surface area (Å²) in [6, 6.07) is 0.161. The molecule has 112 valence electrons. The van der Waals surface area contributed by atoms with Gasteiger partial charge in [0.1, 0.15) is 5.82 Å². The van der Waals surface area contributed by atoms with Crippen LogP contribution in [0.5, 0.6) is 0 Å². The van der Waals surface area contributed by atoms with Crippen LogP contribution in [-0.4, -0.2) is 40.1 Å². The molecule has 2 atom stereocenters. The molecule has 1 aromatic rings. The molecule has 0 amide bonds. The Morgan fingerprint density at radius 2 is 2.05 bits per heavy atom. The zero-order valence-electron chi connectivity index (χ0n) is 12.8. The van der Waals surface area contributed by atoms with Crippen LogP contribution >= 0.6 is 0 Å². The van der Waals surface area contributed by atoms with Crippen LogP contribution in [0.3, 0.4) is 0 Å². The molecule has 0 saturated heterocycles. The molecule has 1 aromatic heterocycles. The minimum atomic E-state index is -0.413. The minimum absolute atomic E-state index is 0.0512. The predicted octanol–water partition coefficient (Wildman–Crippen LogP) is 2.14. The van der Waals surface area contributed by atoms with Crippen LogP contribution in [0, 0.1) is 12.3 Å². The molecule has 6 heteroatoms. The Labute approximate surface area is 119 Å². The third-order valence-corrected chi connectivity index (χ3v) is 4.13. The molecular formula is C14H23N3O3. The quantitative estimate of drug-likeness (QED) is 0.774. The van der Waals surface area contributed by atoms with Crippen LogP contribution in [0.4, 0.5) is 0 Å². The number of hydrogen-bond donors (Lipinski definition) is 0. The Morgan fingerprint density at radius 1 is 1.35 bits per heavy atom. The highest BCUT2D eigenvalue weighted by Gasteiger charge is 2.51. The van der Waals surface area contributed by atoms with Gasteiger partial charge < -0.3 is 14.0 Å². The Bertz CT molecular complexity index is 496. The van der Waals surface area contributed by atoms with Gasteiger partial charge in [-0.2, -0.15) is 0 Å². The largest absolute Gasteiger partial charge is 0.460 e. The van der Waals surface area contributed by atoms with Crippen LogP contribution in [0.25, 0.3) is 0 Å². The van der Waals surface area contributed by atoms with Gasteiger partial charge in [0.2, 0.25) is 5.82 Å². The summed E-state index contributed by atoms with van der Waals surface area (Å²) in [5.41, 5.74) is -0.0512. The monoisotopic (exact) mass is 281 g/mol. The van der Waals surface area contributed by atoms with E-state index in [1.54, 1.807) is 6.92 Å². The summed E-state index contributed by atoms with van der Waals surface area (Å²) in [7, 11) is 0. The van der Waals surface area contributed by atoms with Gasteiger partial charge in [0, 0.05) is 18.1 Å². The van der Waals surface area contributed by atoms with Crippen molar-refractivity contribution < 1.29 is 14.3 Å². The second-order valence-electron chi connectivity index (χ2n) is 5.68. The number of carbonyl (C=O) groups is 1. The topological polar surface area (TPSA) is 66.2 Å². The van der Waals surface area contributed by atoms with Crippen LogP contribution in [-0.2, 0) is 9.47 Å². The Kier molecular flexibility index (Phi) is 4.13. The van der Waals surface area contributed by atoms with E-state index in [0.29, 0.717) is 13.2 Å². The molecule has 1 aliphatic rings. The fourth-order valence-corrected chi connectivity index (χ4v) is 2.86. The lowest BCUT2D eigenvalue weighted by Gasteiger charge is -2.52. The number of aryl methyl sites for hydroxylation is 1. The minimum Gasteiger partial charge on any atom is -0.460 e. The van der Waals surface area contributed by atoms with Crippen LogP contribution in [0.15, 0.2) is 0 Å². The van der Waals surface area contributed by atoms with Gasteiger partial charge in [0.25, 0.3) is 0 Å². The number of carbonyl (C=O) groups excluding carboxylic acids is 1. The van der Waals surface area contributed by atoms with Crippen LogP contribution in [0.2, 0.25) is 0 Å². The maximum absolute atomic E-state index is 12.0. The highest BCUT2D eigenvalue weighted by molar-refractivity contribution is 5.85. The molecule has 0 radical (unpaired) electrons. The maximum atomic E-state index is 12.0. The lowest BCUT2D eigenvalue weighted by molar-refractivity contribution is -0.128. The summed E-state index contributed by atoms with van der Waals surface area (Å²) >= 11 is 0. The smallest absolute Gasteiger partial charge is 0.376 e. The first-order valence-corrected chi connectivity index (χ1v) is 7.13. The van der Waals surface area contributed by atoms with E-state index in [-0.39, 0.29) is 23.4 Å². The third kappa shape index (κ3) is 2.32. The Balaban J connectivity index is 2.26. The van der Waals surface area contributed by atoms with E-state index >= 15 is 0 Å². The molecule has 0 bridgehead atoms. The number of rotatable bonds is 5. The van der Waals surface area contributed by atoms with Gasteiger partial charge in [-0.3, -0.25) is 0 Å². The molecule has 6 nitrogen and oxygen atoms in total. The number of nitrogens with zero attached hydrogens (tertiary/aromatic N) is 3. The first kappa shape index (κ1) is 15.0. The third-order valence-electron chi connectivity index (χ3n) is 4.13. The van der Waals surface area contributed by atoms with Gasteiger partial charge >= 0.3 is 5.97 Å². The second-order valence-corrected chi connectivity index (χ2v) is 5.68. The van der Waals surface area contributed by atoms with Crippen molar-refractivity contribution >= 4 is 5.97 Å². The molecule has 2 unspecified atom stereocenters. The summed E-state index contributed by atoms with van der Waals surface area (Å²) < 4.78 is 12.7. The fourth-order valence-electron chi connectivity index (χ4n) is 2.86. The lowest BCUT2D eigenvalue weighted by Crippen LogP contribution is -2.52. The van der Waals surface area contributed by atoms with E-state index in [2.05, 4.69) is 24.0 Å². The molecule has 0 spiro atoms. The summed E-state index contributed by atoms with van der Waals surface area (Å²) in [6.07, 6.45) is 1.07. The molecule has 2 rings (SSSR count). The molecule has 1 heterocycles. The van der Waals surface area contributed by atoms with Crippen molar-refractivity contribution in [3.8, 4) is 0 Å². The number of esters is 1. The van der Waals surface area contributed by atoms with Crippen LogP contribution < -0.4 is 0 Å². The average molecular weight is 281 g/mol. The molecule has 0 aliphatic heterocycles. The Morgan fingerprint density at radius 3 is 2.60 bits per heavy atom. The van der Waals surface area contributed by atoms with E-state index in [0.717, 1.165) is 12.2 Å². The molecule has 1 saturated carbocycles. The van der Waals surface area contributed by atoms with E-state index in [9.17, 15) is 4.79 Å². The van der Waals surface area contributed by atoms with E-state index in [1.807, 2.05) is 18.4 Å². The lowest BCUT2D eigenvalue weighted by atomic mass is 9.64. The van der Waals surface area contributed by atoms with Crippen molar-refractivity contribution in [2.75, 3.05) is 13.2 Å². The molecule has 20 heavy (non-hydrogen) atoms. The SMILES string of the molecule is CCOC(=O)c1nnc(C)n1C1CC(OCC)C1(C)C.